The second kappa shape index (κ2) is 7.87. The third kappa shape index (κ3) is 5.91. The molecule has 9 heteroatoms. The number of carbonyl (C=O) groups excluding carboxylic acids is 1. The number of ether oxygens (including phenoxy) is 1. The highest BCUT2D eigenvalue weighted by Crippen LogP contribution is 2.27. The summed E-state index contributed by atoms with van der Waals surface area (Å²) in [6, 6.07) is 0. The van der Waals surface area contributed by atoms with Gasteiger partial charge in [-0.1, -0.05) is 0 Å². The topological polar surface area (TPSA) is 82.1 Å². The predicted molar refractivity (Wildman–Crippen MR) is 77.6 cm³/mol. The van der Waals surface area contributed by atoms with Crippen molar-refractivity contribution in [2.75, 3.05) is 45.9 Å². The van der Waals surface area contributed by atoms with Gasteiger partial charge in [0.2, 0.25) is 5.91 Å². The maximum atomic E-state index is 13.1. The molecule has 2 heterocycles. The van der Waals surface area contributed by atoms with Gasteiger partial charge in [0.05, 0.1) is 19.2 Å². The lowest BCUT2D eigenvalue weighted by Crippen LogP contribution is -2.47. The van der Waals surface area contributed by atoms with Crippen LogP contribution in [0.15, 0.2) is 0 Å². The van der Waals surface area contributed by atoms with E-state index in [-0.39, 0.29) is 57.6 Å². The minimum Gasteiger partial charge on any atom is -0.465 e. The third-order valence-corrected chi connectivity index (χ3v) is 4.10. The van der Waals surface area contributed by atoms with Crippen LogP contribution in [0.2, 0.25) is 0 Å². The Balaban J connectivity index is 1.70. The van der Waals surface area contributed by atoms with Crippen molar-refractivity contribution in [3.63, 3.8) is 0 Å². The fourth-order valence-electron chi connectivity index (χ4n) is 2.72. The molecule has 1 unspecified atom stereocenters. The summed E-state index contributed by atoms with van der Waals surface area (Å²) in [4.78, 5) is 25.9. The lowest BCUT2D eigenvalue weighted by Gasteiger charge is -2.31. The molecule has 2 N–H and O–H groups in total. The number of hydrogen-bond acceptors (Lipinski definition) is 4. The quantitative estimate of drug-likeness (QED) is 0.786. The van der Waals surface area contributed by atoms with Crippen molar-refractivity contribution < 1.29 is 28.2 Å². The third-order valence-electron chi connectivity index (χ3n) is 4.10. The number of carboxylic acid groups (broad SMARTS) is 1. The van der Waals surface area contributed by atoms with Gasteiger partial charge in [-0.15, -0.1) is 0 Å². The second-order valence-corrected chi connectivity index (χ2v) is 6.01. The van der Waals surface area contributed by atoms with E-state index in [9.17, 15) is 18.4 Å². The SMILES string of the molecule is O=C(CN1CCC(F)(F)CC1)NCC1CN(C(=O)O)CCCO1. The minimum atomic E-state index is -2.62. The molecule has 0 aromatic rings. The van der Waals surface area contributed by atoms with Gasteiger partial charge in [-0.25, -0.2) is 13.6 Å². The van der Waals surface area contributed by atoms with E-state index >= 15 is 0 Å². The van der Waals surface area contributed by atoms with Crippen LogP contribution in [0.1, 0.15) is 19.3 Å². The van der Waals surface area contributed by atoms with E-state index in [1.54, 1.807) is 4.90 Å². The van der Waals surface area contributed by atoms with E-state index in [2.05, 4.69) is 5.32 Å². The molecule has 2 amide bonds. The molecule has 0 aliphatic carbocycles. The second-order valence-electron chi connectivity index (χ2n) is 6.01. The molecule has 0 bridgehead atoms. The molecule has 0 aromatic heterocycles. The highest BCUT2D eigenvalue weighted by Gasteiger charge is 2.34. The van der Waals surface area contributed by atoms with Gasteiger partial charge < -0.3 is 20.1 Å². The predicted octanol–water partition coefficient (Wildman–Crippen LogP) is 0.603. The molecule has 1 atom stereocenters. The smallest absolute Gasteiger partial charge is 0.407 e. The van der Waals surface area contributed by atoms with Crippen molar-refractivity contribution in [2.24, 2.45) is 0 Å². The Kier molecular flexibility index (Phi) is 6.11. The zero-order valence-corrected chi connectivity index (χ0v) is 13.0. The lowest BCUT2D eigenvalue weighted by molar-refractivity contribution is -0.125. The summed E-state index contributed by atoms with van der Waals surface area (Å²) in [5, 5.41) is 11.7. The van der Waals surface area contributed by atoms with Crippen molar-refractivity contribution in [3.05, 3.63) is 0 Å². The maximum absolute atomic E-state index is 13.1. The average Bonchev–Trinajstić information content (AvgIpc) is 2.73. The average molecular weight is 335 g/mol. The number of alkyl halides is 2. The van der Waals surface area contributed by atoms with Crippen molar-refractivity contribution in [1.29, 1.82) is 0 Å². The molecule has 2 saturated heterocycles. The van der Waals surface area contributed by atoms with Crippen LogP contribution >= 0.6 is 0 Å². The first-order valence-corrected chi connectivity index (χ1v) is 7.82. The Bertz CT molecular complexity index is 426. The van der Waals surface area contributed by atoms with Crippen LogP contribution in [-0.2, 0) is 9.53 Å². The minimum absolute atomic E-state index is 0.0748. The zero-order valence-electron chi connectivity index (χ0n) is 13.0. The van der Waals surface area contributed by atoms with Crippen molar-refractivity contribution >= 4 is 12.0 Å². The first-order chi connectivity index (χ1) is 10.9. The number of rotatable bonds is 4. The van der Waals surface area contributed by atoms with E-state index in [1.807, 2.05) is 0 Å². The number of hydrogen-bond donors (Lipinski definition) is 2. The lowest BCUT2D eigenvalue weighted by atomic mass is 10.1. The molecule has 23 heavy (non-hydrogen) atoms. The molecular weight excluding hydrogens is 312 g/mol. The maximum Gasteiger partial charge on any atom is 0.407 e. The van der Waals surface area contributed by atoms with E-state index < -0.39 is 12.0 Å². The molecule has 0 saturated carbocycles. The van der Waals surface area contributed by atoms with Crippen molar-refractivity contribution in [1.82, 2.24) is 15.1 Å². The normalized spacial score (nSPS) is 25.7. The molecule has 2 aliphatic rings. The Morgan fingerprint density at radius 1 is 1.26 bits per heavy atom. The zero-order chi connectivity index (χ0) is 16.9. The van der Waals surface area contributed by atoms with Gasteiger partial charge in [-0.05, 0) is 6.42 Å². The van der Waals surface area contributed by atoms with Gasteiger partial charge in [0.15, 0.2) is 0 Å². The molecular formula is C14H23F2N3O4. The monoisotopic (exact) mass is 335 g/mol. The van der Waals surface area contributed by atoms with Gasteiger partial charge in [0, 0.05) is 45.6 Å². The number of nitrogens with zero attached hydrogens (tertiary/aromatic N) is 2. The Labute approximate surface area is 133 Å². The van der Waals surface area contributed by atoms with Crippen LogP contribution in [0.4, 0.5) is 13.6 Å². The van der Waals surface area contributed by atoms with Gasteiger partial charge in [0.25, 0.3) is 5.92 Å². The van der Waals surface area contributed by atoms with Gasteiger partial charge in [-0.3, -0.25) is 9.69 Å². The van der Waals surface area contributed by atoms with Crippen LogP contribution in [-0.4, -0.2) is 84.8 Å². The first kappa shape index (κ1) is 17.9. The van der Waals surface area contributed by atoms with Crippen molar-refractivity contribution in [3.8, 4) is 0 Å². The van der Waals surface area contributed by atoms with E-state index in [0.717, 1.165) is 0 Å². The van der Waals surface area contributed by atoms with E-state index in [0.29, 0.717) is 19.6 Å². The van der Waals surface area contributed by atoms with Crippen LogP contribution < -0.4 is 5.32 Å². The standard InChI is InChI=1S/C14H23F2N3O4/c15-14(16)2-5-18(6-3-14)10-12(20)17-8-11-9-19(13(21)22)4-1-7-23-11/h11H,1-10H2,(H,17,20)(H,21,22). The molecule has 0 radical (unpaired) electrons. The first-order valence-electron chi connectivity index (χ1n) is 7.82. The van der Waals surface area contributed by atoms with Gasteiger partial charge >= 0.3 is 6.09 Å². The molecule has 7 nitrogen and oxygen atoms in total. The molecule has 0 aromatic carbocycles. The molecule has 0 spiro atoms. The van der Waals surface area contributed by atoms with Crippen molar-refractivity contribution in [2.45, 2.75) is 31.3 Å². The van der Waals surface area contributed by atoms with E-state index in [1.165, 1.54) is 4.90 Å². The Morgan fingerprint density at radius 3 is 2.61 bits per heavy atom. The number of likely N-dealkylation sites (tertiary alicyclic amines) is 1. The number of piperidine rings is 1. The number of halogens is 2. The molecule has 2 fully saturated rings. The molecule has 2 rings (SSSR count). The summed E-state index contributed by atoms with van der Waals surface area (Å²) in [5.74, 6) is -2.88. The highest BCUT2D eigenvalue weighted by molar-refractivity contribution is 5.78. The number of nitrogens with one attached hydrogen (secondary N) is 1. The van der Waals surface area contributed by atoms with Gasteiger partial charge in [-0.2, -0.15) is 0 Å². The Hall–Kier alpha value is -1.48. The van der Waals surface area contributed by atoms with E-state index in [4.69, 9.17) is 9.84 Å². The number of amides is 2. The van der Waals surface area contributed by atoms with Crippen LogP contribution in [0, 0.1) is 0 Å². The van der Waals surface area contributed by atoms with Gasteiger partial charge in [0.1, 0.15) is 0 Å². The molecule has 2 aliphatic heterocycles. The summed E-state index contributed by atoms with van der Waals surface area (Å²) < 4.78 is 31.6. The van der Waals surface area contributed by atoms with Crippen LogP contribution in [0.25, 0.3) is 0 Å². The summed E-state index contributed by atoms with van der Waals surface area (Å²) in [6.45, 7) is 1.77. The van der Waals surface area contributed by atoms with Crippen LogP contribution in [0.3, 0.4) is 0 Å². The fourth-order valence-corrected chi connectivity index (χ4v) is 2.72. The highest BCUT2D eigenvalue weighted by atomic mass is 19.3. The Morgan fingerprint density at radius 2 is 1.96 bits per heavy atom. The fraction of sp³-hybridized carbons (Fsp3) is 0.857. The summed E-state index contributed by atoms with van der Waals surface area (Å²) in [7, 11) is 0. The van der Waals surface area contributed by atoms with Crippen LogP contribution in [0.5, 0.6) is 0 Å². The largest absolute Gasteiger partial charge is 0.465 e. The number of carbonyl (C=O) groups is 2. The molecule has 132 valence electrons. The summed E-state index contributed by atoms with van der Waals surface area (Å²) >= 11 is 0. The summed E-state index contributed by atoms with van der Waals surface area (Å²) in [5.41, 5.74) is 0. The summed E-state index contributed by atoms with van der Waals surface area (Å²) in [6.07, 6.45) is -1.21.